The third kappa shape index (κ3) is 6.12. The standard InChI is InChI=1S/C31H34N2O7S/c1-6-9-16-40-21-12-10-20(11-13-21)25-24(26(34)23-15-14-22(38-7-2)17-18(23)4)27(35)29(36)33(25)31-32-19(5)28(41-31)30(37)39-8-3/h10-15,17,25,34H,6-9,16H2,1-5H3/t25-/m0/s1. The molecule has 10 heteroatoms. The lowest BCUT2D eigenvalue weighted by Crippen LogP contribution is -2.29. The molecule has 0 aliphatic carbocycles. The Bertz CT molecular complexity index is 1480. The van der Waals surface area contributed by atoms with Crippen molar-refractivity contribution in [2.45, 2.75) is 53.5 Å². The highest BCUT2D eigenvalue weighted by atomic mass is 32.1. The van der Waals surface area contributed by atoms with Crippen molar-refractivity contribution in [1.82, 2.24) is 4.98 Å². The molecule has 9 nitrogen and oxygen atoms in total. The van der Waals surface area contributed by atoms with E-state index in [0.717, 1.165) is 24.2 Å². The van der Waals surface area contributed by atoms with Crippen molar-refractivity contribution in [3.05, 3.63) is 75.3 Å². The number of rotatable bonds is 11. The highest BCUT2D eigenvalue weighted by Crippen LogP contribution is 2.44. The van der Waals surface area contributed by atoms with Crippen LogP contribution in [0.5, 0.6) is 11.5 Å². The van der Waals surface area contributed by atoms with Gasteiger partial charge < -0.3 is 19.3 Å². The Balaban J connectivity index is 1.85. The van der Waals surface area contributed by atoms with Crippen LogP contribution in [0.3, 0.4) is 0 Å². The molecule has 1 fully saturated rings. The van der Waals surface area contributed by atoms with E-state index in [9.17, 15) is 19.5 Å². The van der Waals surface area contributed by atoms with E-state index in [0.29, 0.717) is 47.1 Å². The molecule has 0 unspecified atom stereocenters. The Labute approximate surface area is 243 Å². The Morgan fingerprint density at radius 2 is 1.71 bits per heavy atom. The third-order valence-corrected chi connectivity index (χ3v) is 7.76. The molecule has 3 aromatic rings. The van der Waals surface area contributed by atoms with E-state index in [4.69, 9.17) is 14.2 Å². The first-order valence-electron chi connectivity index (χ1n) is 13.6. The highest BCUT2D eigenvalue weighted by Gasteiger charge is 2.48. The average molecular weight is 579 g/mol. The fourth-order valence-corrected chi connectivity index (χ4v) is 5.59. The van der Waals surface area contributed by atoms with Gasteiger partial charge in [0, 0.05) is 5.56 Å². The number of unbranched alkanes of at least 4 members (excludes halogenated alkanes) is 1. The molecule has 1 saturated heterocycles. The molecule has 2 heterocycles. The second kappa shape index (κ2) is 13.0. The van der Waals surface area contributed by atoms with Crippen LogP contribution < -0.4 is 14.4 Å². The van der Waals surface area contributed by atoms with Crippen LogP contribution in [-0.4, -0.2) is 47.6 Å². The summed E-state index contributed by atoms with van der Waals surface area (Å²) in [6.07, 6.45) is 1.91. The van der Waals surface area contributed by atoms with Crippen LogP contribution in [-0.2, 0) is 14.3 Å². The number of carbonyl (C=O) groups is 3. The Morgan fingerprint density at radius 3 is 2.34 bits per heavy atom. The summed E-state index contributed by atoms with van der Waals surface area (Å²) in [5.41, 5.74) is 1.95. The van der Waals surface area contributed by atoms with E-state index in [1.165, 1.54) is 4.90 Å². The van der Waals surface area contributed by atoms with Crippen molar-refractivity contribution in [3.63, 3.8) is 0 Å². The molecule has 1 atom stereocenters. The summed E-state index contributed by atoms with van der Waals surface area (Å²) in [4.78, 5) is 45.6. The Kier molecular flexibility index (Phi) is 9.44. The van der Waals surface area contributed by atoms with Crippen LogP contribution in [0.1, 0.15) is 71.7 Å². The van der Waals surface area contributed by atoms with Crippen molar-refractivity contribution in [2.75, 3.05) is 24.7 Å². The minimum absolute atomic E-state index is 0.0764. The second-order valence-electron chi connectivity index (χ2n) is 9.48. The molecule has 1 aliphatic rings. The smallest absolute Gasteiger partial charge is 0.350 e. The van der Waals surface area contributed by atoms with Crippen molar-refractivity contribution >= 4 is 39.9 Å². The number of benzene rings is 2. The zero-order valence-corrected chi connectivity index (χ0v) is 24.7. The molecule has 1 aromatic heterocycles. The molecule has 4 rings (SSSR count). The first-order chi connectivity index (χ1) is 19.7. The van der Waals surface area contributed by atoms with E-state index in [-0.39, 0.29) is 27.9 Å². The van der Waals surface area contributed by atoms with Crippen LogP contribution >= 0.6 is 11.3 Å². The molecular formula is C31H34N2O7S. The molecule has 2 aromatic carbocycles. The fraction of sp³-hybridized carbons (Fsp3) is 0.355. The number of nitrogens with zero attached hydrogens (tertiary/aromatic N) is 2. The summed E-state index contributed by atoms with van der Waals surface area (Å²) < 4.78 is 16.5. The van der Waals surface area contributed by atoms with Crippen molar-refractivity contribution in [3.8, 4) is 11.5 Å². The van der Waals surface area contributed by atoms with E-state index in [2.05, 4.69) is 11.9 Å². The van der Waals surface area contributed by atoms with Crippen LogP contribution in [0.2, 0.25) is 0 Å². The number of anilines is 1. The molecule has 216 valence electrons. The van der Waals surface area contributed by atoms with Crippen LogP contribution in [0.25, 0.3) is 5.76 Å². The largest absolute Gasteiger partial charge is 0.507 e. The van der Waals surface area contributed by atoms with Crippen LogP contribution in [0, 0.1) is 13.8 Å². The van der Waals surface area contributed by atoms with Gasteiger partial charge in [0.2, 0.25) is 0 Å². The number of esters is 1. The number of aromatic nitrogens is 1. The van der Waals surface area contributed by atoms with E-state index in [1.54, 1.807) is 63.2 Å². The number of ether oxygens (including phenoxy) is 3. The number of ketones is 1. The topological polar surface area (TPSA) is 115 Å². The van der Waals surface area contributed by atoms with Crippen molar-refractivity contribution < 1.29 is 33.7 Å². The number of aryl methyl sites for hydroxylation is 2. The van der Waals surface area contributed by atoms with Gasteiger partial charge in [0.05, 0.1) is 37.1 Å². The lowest BCUT2D eigenvalue weighted by molar-refractivity contribution is -0.132. The van der Waals surface area contributed by atoms with Gasteiger partial charge in [0.15, 0.2) is 5.13 Å². The number of amides is 1. The molecule has 1 amide bonds. The molecule has 1 aliphatic heterocycles. The maximum Gasteiger partial charge on any atom is 0.350 e. The van der Waals surface area contributed by atoms with Gasteiger partial charge in [0.25, 0.3) is 5.78 Å². The number of aliphatic hydroxyl groups excluding tert-OH is 1. The van der Waals surface area contributed by atoms with Crippen molar-refractivity contribution in [2.24, 2.45) is 0 Å². The molecular weight excluding hydrogens is 544 g/mol. The summed E-state index contributed by atoms with van der Waals surface area (Å²) >= 11 is 0.968. The number of hydrogen-bond acceptors (Lipinski definition) is 9. The molecule has 0 spiro atoms. The Morgan fingerprint density at radius 1 is 1.00 bits per heavy atom. The van der Waals surface area contributed by atoms with Crippen LogP contribution in [0.4, 0.5) is 5.13 Å². The van der Waals surface area contributed by atoms with Gasteiger partial charge in [-0.3, -0.25) is 14.5 Å². The minimum Gasteiger partial charge on any atom is -0.507 e. The summed E-state index contributed by atoms with van der Waals surface area (Å²) in [5.74, 6) is -1.29. The number of carbonyl (C=O) groups excluding carboxylic acids is 3. The zero-order valence-electron chi connectivity index (χ0n) is 23.9. The summed E-state index contributed by atoms with van der Waals surface area (Å²) in [7, 11) is 0. The van der Waals surface area contributed by atoms with Gasteiger partial charge in [-0.05, 0) is 75.6 Å². The second-order valence-corrected chi connectivity index (χ2v) is 10.5. The van der Waals surface area contributed by atoms with E-state index < -0.39 is 23.7 Å². The number of aliphatic hydroxyl groups is 1. The fourth-order valence-electron chi connectivity index (χ4n) is 4.60. The maximum atomic E-state index is 13.6. The predicted molar refractivity (Wildman–Crippen MR) is 157 cm³/mol. The third-order valence-electron chi connectivity index (χ3n) is 6.62. The zero-order chi connectivity index (χ0) is 29.7. The summed E-state index contributed by atoms with van der Waals surface area (Å²) in [6, 6.07) is 11.2. The normalized spacial score (nSPS) is 16.2. The van der Waals surface area contributed by atoms with Gasteiger partial charge in [-0.1, -0.05) is 36.8 Å². The molecule has 0 radical (unpaired) electrons. The molecule has 0 bridgehead atoms. The van der Waals surface area contributed by atoms with Gasteiger partial charge in [-0.25, -0.2) is 9.78 Å². The van der Waals surface area contributed by atoms with Gasteiger partial charge in [0.1, 0.15) is 22.1 Å². The molecule has 41 heavy (non-hydrogen) atoms. The van der Waals surface area contributed by atoms with Gasteiger partial charge in [-0.2, -0.15) is 0 Å². The quantitative estimate of drug-likeness (QED) is 0.0949. The lowest BCUT2D eigenvalue weighted by Gasteiger charge is -2.23. The van der Waals surface area contributed by atoms with Crippen molar-refractivity contribution in [1.29, 1.82) is 0 Å². The minimum atomic E-state index is -0.994. The first-order valence-corrected chi connectivity index (χ1v) is 14.4. The summed E-state index contributed by atoms with van der Waals surface area (Å²) in [5, 5.41) is 11.7. The number of thiazole rings is 1. The van der Waals surface area contributed by atoms with Gasteiger partial charge >= 0.3 is 11.9 Å². The number of hydrogen-bond donors (Lipinski definition) is 1. The Hall–Kier alpha value is -4.18. The van der Waals surface area contributed by atoms with E-state index >= 15 is 0 Å². The number of Topliss-reactive ketones (excluding diaryl/α,β-unsaturated/α-hetero) is 1. The SMILES string of the molecule is CCCCOc1ccc([C@H]2C(=C(O)c3ccc(OCC)cc3C)C(=O)C(=O)N2c2nc(C)c(C(=O)OCC)s2)cc1. The monoisotopic (exact) mass is 578 g/mol. The molecule has 0 saturated carbocycles. The summed E-state index contributed by atoms with van der Waals surface area (Å²) in [6.45, 7) is 10.3. The van der Waals surface area contributed by atoms with Crippen LogP contribution in [0.15, 0.2) is 48.0 Å². The maximum absolute atomic E-state index is 13.6. The van der Waals surface area contributed by atoms with E-state index in [1.807, 2.05) is 6.92 Å². The highest BCUT2D eigenvalue weighted by molar-refractivity contribution is 7.17. The first kappa shape index (κ1) is 29.8. The molecule has 1 N–H and O–H groups in total. The average Bonchev–Trinajstić information content (AvgIpc) is 3.46. The van der Waals surface area contributed by atoms with Gasteiger partial charge in [-0.15, -0.1) is 0 Å². The lowest BCUT2D eigenvalue weighted by atomic mass is 9.94. The predicted octanol–water partition coefficient (Wildman–Crippen LogP) is 6.14.